The van der Waals surface area contributed by atoms with E-state index in [1.807, 2.05) is 6.07 Å². The second-order valence-electron chi connectivity index (χ2n) is 1.50. The lowest BCUT2D eigenvalue weighted by Gasteiger charge is -1.89. The third-order valence-corrected chi connectivity index (χ3v) is 0.911. The van der Waals surface area contributed by atoms with Crippen LogP contribution in [-0.2, 0) is 0 Å². The molecular weight excluding hydrogens is 114 g/mol. The predicted octanol–water partition coefficient (Wildman–Crippen LogP) is 0.336. The van der Waals surface area contributed by atoms with Crippen molar-refractivity contribution in [3.8, 4) is 6.07 Å². The average Bonchev–Trinajstić information content (AvgIpc) is 1.89. The molecule has 0 saturated heterocycles. The van der Waals surface area contributed by atoms with Gasteiger partial charge in [-0.1, -0.05) is 0 Å². The van der Waals surface area contributed by atoms with Crippen LogP contribution < -0.4 is 5.73 Å². The molecule has 0 atom stereocenters. The summed E-state index contributed by atoms with van der Waals surface area (Å²) in [6.07, 6.45) is 3.94. The van der Waals surface area contributed by atoms with E-state index < -0.39 is 0 Å². The fourth-order valence-electron chi connectivity index (χ4n) is 0.466. The highest BCUT2D eigenvalue weighted by Gasteiger charge is 1.92. The van der Waals surface area contributed by atoms with Gasteiger partial charge in [-0.05, 0) is 6.07 Å². The van der Waals surface area contributed by atoms with Gasteiger partial charge in [-0.15, -0.1) is 0 Å². The molecule has 3 nitrogen and oxygen atoms in total. The minimum Gasteiger partial charge on any atom is -0.396 e. The Hall–Kier alpha value is -1.56. The highest BCUT2D eigenvalue weighted by atomic mass is 14.7. The molecule has 0 saturated carbocycles. The molecular formula is C6H4N3. The minimum absolute atomic E-state index is 0.306. The summed E-state index contributed by atoms with van der Waals surface area (Å²) in [6.45, 7) is 0. The van der Waals surface area contributed by atoms with Gasteiger partial charge in [-0.3, -0.25) is 4.98 Å². The SMILES string of the molecule is N#Cc1ccn[c]c1N. The third kappa shape index (κ3) is 0.970. The van der Waals surface area contributed by atoms with E-state index in [2.05, 4.69) is 11.2 Å². The van der Waals surface area contributed by atoms with Crippen LogP contribution in [0, 0.1) is 17.5 Å². The number of nitrogens with zero attached hydrogens (tertiary/aromatic N) is 2. The molecule has 0 spiro atoms. The molecule has 0 aliphatic heterocycles. The molecule has 0 aliphatic rings. The van der Waals surface area contributed by atoms with Crippen molar-refractivity contribution in [1.82, 2.24) is 4.98 Å². The van der Waals surface area contributed by atoms with Crippen LogP contribution in [0.15, 0.2) is 12.3 Å². The number of nitrogen functional groups attached to an aromatic ring is 1. The molecule has 2 N–H and O–H groups in total. The Labute approximate surface area is 52.7 Å². The standard InChI is InChI=1S/C6H4N3/c7-3-5-1-2-9-4-6(5)8/h1-2H,8H2. The molecule has 1 heterocycles. The first kappa shape index (κ1) is 5.57. The summed E-state index contributed by atoms with van der Waals surface area (Å²) in [6, 6.07) is 3.45. The van der Waals surface area contributed by atoms with Crippen molar-refractivity contribution in [2.75, 3.05) is 5.73 Å². The number of hydrogen-bond acceptors (Lipinski definition) is 3. The molecule has 0 amide bonds. The van der Waals surface area contributed by atoms with E-state index in [0.29, 0.717) is 11.3 Å². The number of hydrogen-bond donors (Lipinski definition) is 1. The molecule has 1 aromatic rings. The topological polar surface area (TPSA) is 62.7 Å². The molecule has 3 heteroatoms. The van der Waals surface area contributed by atoms with Crippen molar-refractivity contribution < 1.29 is 0 Å². The molecule has 1 rings (SSSR count). The Morgan fingerprint density at radius 2 is 2.56 bits per heavy atom. The maximum atomic E-state index is 8.34. The quantitative estimate of drug-likeness (QED) is 0.534. The van der Waals surface area contributed by atoms with Crippen LogP contribution in [0.4, 0.5) is 5.69 Å². The summed E-state index contributed by atoms with van der Waals surface area (Å²) in [5.41, 5.74) is 6.02. The molecule has 0 unspecified atom stereocenters. The normalized spacial score (nSPS) is 8.33. The van der Waals surface area contributed by atoms with Crippen molar-refractivity contribution in [2.24, 2.45) is 0 Å². The van der Waals surface area contributed by atoms with E-state index in [1.165, 1.54) is 6.20 Å². The highest BCUT2D eigenvalue weighted by molar-refractivity contribution is 5.50. The first-order valence-electron chi connectivity index (χ1n) is 2.37. The van der Waals surface area contributed by atoms with Gasteiger partial charge in [-0.25, -0.2) is 0 Å². The zero-order chi connectivity index (χ0) is 6.69. The van der Waals surface area contributed by atoms with Gasteiger partial charge < -0.3 is 5.73 Å². The van der Waals surface area contributed by atoms with E-state index in [1.54, 1.807) is 6.07 Å². The zero-order valence-electron chi connectivity index (χ0n) is 4.63. The van der Waals surface area contributed by atoms with Gasteiger partial charge in [0.1, 0.15) is 12.3 Å². The summed E-state index contributed by atoms with van der Waals surface area (Å²) >= 11 is 0. The molecule has 1 aromatic heterocycles. The first-order chi connectivity index (χ1) is 4.34. The number of aromatic nitrogens is 1. The fraction of sp³-hybridized carbons (Fsp3) is 0. The monoisotopic (exact) mass is 118 g/mol. The summed E-state index contributed by atoms with van der Waals surface area (Å²) in [5, 5.41) is 8.34. The van der Waals surface area contributed by atoms with Gasteiger partial charge in [0, 0.05) is 6.20 Å². The zero-order valence-corrected chi connectivity index (χ0v) is 4.63. The number of anilines is 1. The van der Waals surface area contributed by atoms with E-state index in [9.17, 15) is 0 Å². The Morgan fingerprint density at radius 3 is 3.00 bits per heavy atom. The van der Waals surface area contributed by atoms with Crippen LogP contribution in [-0.4, -0.2) is 4.98 Å². The number of rotatable bonds is 0. The molecule has 0 aliphatic carbocycles. The van der Waals surface area contributed by atoms with E-state index >= 15 is 0 Å². The van der Waals surface area contributed by atoms with E-state index in [-0.39, 0.29) is 0 Å². The molecule has 1 radical (unpaired) electrons. The minimum atomic E-state index is 0.306. The third-order valence-electron chi connectivity index (χ3n) is 0.911. The number of pyridine rings is 1. The van der Waals surface area contributed by atoms with Crippen LogP contribution >= 0.6 is 0 Å². The van der Waals surface area contributed by atoms with Crippen LogP contribution in [0.3, 0.4) is 0 Å². The number of nitrogens with two attached hydrogens (primary N) is 1. The van der Waals surface area contributed by atoms with Gasteiger partial charge in [0.25, 0.3) is 0 Å². The second-order valence-corrected chi connectivity index (χ2v) is 1.50. The Morgan fingerprint density at radius 1 is 1.78 bits per heavy atom. The van der Waals surface area contributed by atoms with Gasteiger partial charge in [0.05, 0.1) is 11.3 Å². The molecule has 43 valence electrons. The van der Waals surface area contributed by atoms with E-state index in [4.69, 9.17) is 11.0 Å². The largest absolute Gasteiger partial charge is 0.396 e. The van der Waals surface area contributed by atoms with Crippen molar-refractivity contribution in [3.63, 3.8) is 0 Å². The van der Waals surface area contributed by atoms with Crippen molar-refractivity contribution in [2.45, 2.75) is 0 Å². The summed E-state index contributed by atoms with van der Waals surface area (Å²) in [7, 11) is 0. The van der Waals surface area contributed by atoms with E-state index in [0.717, 1.165) is 0 Å². The smallest absolute Gasteiger partial charge is 0.115 e. The maximum absolute atomic E-state index is 8.34. The summed E-state index contributed by atoms with van der Waals surface area (Å²) in [4.78, 5) is 3.59. The first-order valence-corrected chi connectivity index (χ1v) is 2.37. The summed E-state index contributed by atoms with van der Waals surface area (Å²) < 4.78 is 0. The average molecular weight is 118 g/mol. The van der Waals surface area contributed by atoms with Gasteiger partial charge >= 0.3 is 0 Å². The Kier molecular flexibility index (Phi) is 1.32. The predicted molar refractivity (Wildman–Crippen MR) is 32.2 cm³/mol. The lowest BCUT2D eigenvalue weighted by atomic mass is 10.2. The lowest BCUT2D eigenvalue weighted by molar-refractivity contribution is 1.30. The Bertz CT molecular complexity index is 249. The van der Waals surface area contributed by atoms with Crippen LogP contribution in [0.2, 0.25) is 0 Å². The van der Waals surface area contributed by atoms with Gasteiger partial charge in [0.2, 0.25) is 0 Å². The van der Waals surface area contributed by atoms with Crippen molar-refractivity contribution in [3.05, 3.63) is 24.0 Å². The summed E-state index contributed by atoms with van der Waals surface area (Å²) in [5.74, 6) is 0. The maximum Gasteiger partial charge on any atom is 0.115 e. The molecule has 0 bridgehead atoms. The van der Waals surface area contributed by atoms with Crippen molar-refractivity contribution in [1.29, 1.82) is 5.26 Å². The van der Waals surface area contributed by atoms with Gasteiger partial charge in [0.15, 0.2) is 0 Å². The van der Waals surface area contributed by atoms with Crippen LogP contribution in [0.5, 0.6) is 0 Å². The van der Waals surface area contributed by atoms with Crippen LogP contribution in [0.25, 0.3) is 0 Å². The van der Waals surface area contributed by atoms with Crippen molar-refractivity contribution >= 4 is 5.69 Å². The van der Waals surface area contributed by atoms with Crippen LogP contribution in [0.1, 0.15) is 5.56 Å². The number of nitriles is 1. The lowest BCUT2D eigenvalue weighted by Crippen LogP contribution is -1.90. The molecule has 0 aromatic carbocycles. The molecule has 9 heavy (non-hydrogen) atoms. The Balaban J connectivity index is 3.20. The van der Waals surface area contributed by atoms with Gasteiger partial charge in [-0.2, -0.15) is 5.26 Å². The fourth-order valence-corrected chi connectivity index (χ4v) is 0.466. The highest BCUT2D eigenvalue weighted by Crippen LogP contribution is 2.03. The molecule has 0 fully saturated rings. The second kappa shape index (κ2) is 2.14.